The summed E-state index contributed by atoms with van der Waals surface area (Å²) in [4.78, 5) is 14.8. The number of benzene rings is 2. The van der Waals surface area contributed by atoms with E-state index in [1.54, 1.807) is 31.2 Å². The topological polar surface area (TPSA) is 79.0 Å². The zero-order chi connectivity index (χ0) is 21.9. The van der Waals surface area contributed by atoms with Gasteiger partial charge < -0.3 is 15.0 Å². The molecule has 0 bridgehead atoms. The maximum Gasteiger partial charge on any atom is 0.265 e. The minimum Gasteiger partial charge on any atom is -0.479 e. The molecule has 7 nitrogen and oxygen atoms in total. The maximum atomic E-state index is 12.7. The molecule has 0 saturated carbocycles. The molecular formula is C20H23Cl2N3O4S. The second-order valence-corrected chi connectivity index (χ2v) is 9.82. The first-order chi connectivity index (χ1) is 14.1. The Morgan fingerprint density at radius 2 is 1.77 bits per heavy atom. The summed E-state index contributed by atoms with van der Waals surface area (Å²) in [6.07, 6.45) is 0.421. The van der Waals surface area contributed by atoms with Crippen molar-refractivity contribution < 1.29 is 17.9 Å². The lowest BCUT2D eigenvalue weighted by atomic mass is 10.2. The van der Waals surface area contributed by atoms with Gasteiger partial charge in [-0.15, -0.1) is 0 Å². The first-order valence-corrected chi connectivity index (χ1v) is 12.0. The summed E-state index contributed by atoms with van der Waals surface area (Å²) in [5.74, 6) is 0.0390. The van der Waals surface area contributed by atoms with Crippen molar-refractivity contribution in [3.05, 3.63) is 52.5 Å². The van der Waals surface area contributed by atoms with E-state index in [1.807, 2.05) is 18.2 Å². The maximum absolute atomic E-state index is 12.7. The molecule has 162 valence electrons. The number of hydrogen-bond acceptors (Lipinski definition) is 5. The van der Waals surface area contributed by atoms with Crippen LogP contribution in [-0.2, 0) is 14.8 Å². The first kappa shape index (κ1) is 22.7. The molecule has 0 radical (unpaired) electrons. The van der Waals surface area contributed by atoms with Crippen LogP contribution in [0, 0.1) is 0 Å². The van der Waals surface area contributed by atoms with E-state index in [4.69, 9.17) is 27.9 Å². The highest BCUT2D eigenvalue weighted by Crippen LogP contribution is 2.30. The van der Waals surface area contributed by atoms with E-state index in [0.717, 1.165) is 5.69 Å². The standard InChI is InChI=1S/C20H23Cl2N3O4S/c1-14(29-19-8-7-15(21)13-16(19)22)20(26)23-17-5-3-4-6-18(17)24-9-11-25(12-10-24)30(2,27)28/h3-8,13-14H,9-12H2,1-2H3,(H,23,26). The Bertz CT molecular complexity index is 1020. The Balaban J connectivity index is 1.68. The van der Waals surface area contributed by atoms with Crippen LogP contribution in [-0.4, -0.2) is 57.2 Å². The Hall–Kier alpha value is -2.00. The lowest BCUT2D eigenvalue weighted by molar-refractivity contribution is -0.122. The normalized spacial score (nSPS) is 16.2. The second-order valence-electron chi connectivity index (χ2n) is 6.99. The molecule has 1 atom stereocenters. The number of nitrogens with one attached hydrogen (secondary N) is 1. The van der Waals surface area contributed by atoms with Crippen LogP contribution in [0.5, 0.6) is 5.75 Å². The third kappa shape index (κ3) is 5.57. The molecule has 1 fully saturated rings. The van der Waals surface area contributed by atoms with Crippen molar-refractivity contribution in [3.63, 3.8) is 0 Å². The van der Waals surface area contributed by atoms with Crippen molar-refractivity contribution >= 4 is 50.5 Å². The second kappa shape index (κ2) is 9.43. The van der Waals surface area contributed by atoms with Crippen molar-refractivity contribution in [3.8, 4) is 5.75 Å². The summed E-state index contributed by atoms with van der Waals surface area (Å²) in [6.45, 7) is 3.50. The number of sulfonamides is 1. The largest absolute Gasteiger partial charge is 0.479 e. The number of nitrogens with zero attached hydrogens (tertiary/aromatic N) is 2. The summed E-state index contributed by atoms with van der Waals surface area (Å²) in [6, 6.07) is 12.2. The zero-order valence-electron chi connectivity index (χ0n) is 16.6. The van der Waals surface area contributed by atoms with Crippen LogP contribution in [0.2, 0.25) is 10.0 Å². The van der Waals surface area contributed by atoms with Crippen LogP contribution in [0.1, 0.15) is 6.92 Å². The van der Waals surface area contributed by atoms with Gasteiger partial charge in [-0.3, -0.25) is 4.79 Å². The molecule has 2 aromatic carbocycles. The molecule has 30 heavy (non-hydrogen) atoms. The van der Waals surface area contributed by atoms with E-state index in [1.165, 1.54) is 10.6 Å². The highest BCUT2D eigenvalue weighted by atomic mass is 35.5. The van der Waals surface area contributed by atoms with Gasteiger partial charge in [-0.2, -0.15) is 4.31 Å². The van der Waals surface area contributed by atoms with E-state index < -0.39 is 16.1 Å². The van der Waals surface area contributed by atoms with E-state index in [9.17, 15) is 13.2 Å². The van der Waals surface area contributed by atoms with Gasteiger partial charge in [0.2, 0.25) is 10.0 Å². The summed E-state index contributed by atoms with van der Waals surface area (Å²) in [7, 11) is -3.21. The van der Waals surface area contributed by atoms with E-state index >= 15 is 0 Å². The Morgan fingerprint density at radius 3 is 2.40 bits per heavy atom. The molecule has 1 N–H and O–H groups in total. The van der Waals surface area contributed by atoms with Crippen molar-refractivity contribution in [2.45, 2.75) is 13.0 Å². The Morgan fingerprint density at radius 1 is 1.10 bits per heavy atom. The highest BCUT2D eigenvalue weighted by molar-refractivity contribution is 7.88. The number of para-hydroxylation sites is 2. The summed E-state index contributed by atoms with van der Waals surface area (Å²) in [5.41, 5.74) is 1.46. The number of carbonyl (C=O) groups is 1. The van der Waals surface area contributed by atoms with Gasteiger partial charge in [-0.1, -0.05) is 35.3 Å². The van der Waals surface area contributed by atoms with E-state index in [2.05, 4.69) is 10.2 Å². The number of hydrogen-bond donors (Lipinski definition) is 1. The molecular weight excluding hydrogens is 449 g/mol. The lowest BCUT2D eigenvalue weighted by Crippen LogP contribution is -2.48. The molecule has 0 aliphatic carbocycles. The van der Waals surface area contributed by atoms with Crippen molar-refractivity contribution in [2.75, 3.05) is 42.7 Å². The molecule has 1 saturated heterocycles. The molecule has 10 heteroatoms. The fourth-order valence-corrected chi connectivity index (χ4v) is 4.44. The van der Waals surface area contributed by atoms with Crippen LogP contribution in [0.4, 0.5) is 11.4 Å². The molecule has 0 spiro atoms. The SMILES string of the molecule is CC(Oc1ccc(Cl)cc1Cl)C(=O)Nc1ccccc1N1CCN(S(C)(=O)=O)CC1. The molecule has 1 heterocycles. The van der Waals surface area contributed by atoms with Crippen molar-refractivity contribution in [1.29, 1.82) is 0 Å². The Kier molecular flexibility index (Phi) is 7.13. The monoisotopic (exact) mass is 471 g/mol. The lowest BCUT2D eigenvalue weighted by Gasteiger charge is -2.35. The number of rotatable bonds is 6. The predicted molar refractivity (Wildman–Crippen MR) is 120 cm³/mol. The Labute approximate surface area is 186 Å². The molecule has 0 aromatic heterocycles. The fraction of sp³-hybridized carbons (Fsp3) is 0.350. The molecule has 3 rings (SSSR count). The molecule has 2 aromatic rings. The van der Waals surface area contributed by atoms with Crippen molar-refractivity contribution in [1.82, 2.24) is 4.31 Å². The van der Waals surface area contributed by atoms with Crippen LogP contribution in [0.3, 0.4) is 0 Å². The highest BCUT2D eigenvalue weighted by Gasteiger charge is 2.25. The smallest absolute Gasteiger partial charge is 0.265 e. The van der Waals surface area contributed by atoms with Gasteiger partial charge in [-0.05, 0) is 37.3 Å². The van der Waals surface area contributed by atoms with Crippen LogP contribution < -0.4 is 15.0 Å². The van der Waals surface area contributed by atoms with Crippen molar-refractivity contribution in [2.24, 2.45) is 0 Å². The summed E-state index contributed by atoms with van der Waals surface area (Å²) < 4.78 is 30.6. The van der Waals surface area contributed by atoms with Gasteiger partial charge in [0.05, 0.1) is 22.7 Å². The summed E-state index contributed by atoms with van der Waals surface area (Å²) >= 11 is 12.0. The fourth-order valence-electron chi connectivity index (χ4n) is 3.16. The number of anilines is 2. The van der Waals surface area contributed by atoms with Crippen LogP contribution in [0.25, 0.3) is 0 Å². The number of carbonyl (C=O) groups excluding carboxylic acids is 1. The third-order valence-corrected chi connectivity index (χ3v) is 6.61. The summed E-state index contributed by atoms with van der Waals surface area (Å²) in [5, 5.41) is 3.70. The van der Waals surface area contributed by atoms with Gasteiger partial charge in [0.1, 0.15) is 5.75 Å². The van der Waals surface area contributed by atoms with E-state index in [0.29, 0.717) is 47.7 Å². The first-order valence-electron chi connectivity index (χ1n) is 9.37. The number of halogens is 2. The minimum atomic E-state index is -3.21. The molecule has 1 aliphatic heterocycles. The van der Waals surface area contributed by atoms with Gasteiger partial charge in [-0.25, -0.2) is 8.42 Å². The van der Waals surface area contributed by atoms with Crippen LogP contribution in [0.15, 0.2) is 42.5 Å². The van der Waals surface area contributed by atoms with Gasteiger partial charge in [0.15, 0.2) is 6.10 Å². The predicted octanol–water partition coefficient (Wildman–Crippen LogP) is 3.48. The number of amides is 1. The molecule has 1 unspecified atom stereocenters. The quantitative estimate of drug-likeness (QED) is 0.697. The van der Waals surface area contributed by atoms with Gasteiger partial charge in [0.25, 0.3) is 5.91 Å². The molecule has 1 amide bonds. The minimum absolute atomic E-state index is 0.325. The zero-order valence-corrected chi connectivity index (χ0v) is 19.0. The average Bonchev–Trinajstić information content (AvgIpc) is 2.70. The third-order valence-electron chi connectivity index (χ3n) is 4.78. The average molecular weight is 472 g/mol. The van der Waals surface area contributed by atoms with Crippen LogP contribution >= 0.6 is 23.2 Å². The van der Waals surface area contributed by atoms with Gasteiger partial charge in [0, 0.05) is 31.2 Å². The van der Waals surface area contributed by atoms with Gasteiger partial charge >= 0.3 is 0 Å². The number of piperazine rings is 1. The molecule has 1 aliphatic rings. The van der Waals surface area contributed by atoms with E-state index in [-0.39, 0.29) is 5.91 Å². The number of ether oxygens (including phenoxy) is 1.